The van der Waals surface area contributed by atoms with Crippen molar-refractivity contribution >= 4 is 17.5 Å². The maximum Gasteiger partial charge on any atom is 0.242 e. The molecule has 0 aromatic heterocycles. The summed E-state index contributed by atoms with van der Waals surface area (Å²) < 4.78 is 13.0. The van der Waals surface area contributed by atoms with E-state index in [1.807, 2.05) is 30.3 Å². The van der Waals surface area contributed by atoms with Crippen LogP contribution in [0.1, 0.15) is 24.4 Å². The molecule has 3 rings (SSSR count). The molecule has 2 amide bonds. The van der Waals surface area contributed by atoms with E-state index in [-0.39, 0.29) is 30.2 Å². The molecule has 0 bridgehead atoms. The second-order valence-electron chi connectivity index (χ2n) is 6.57. The van der Waals surface area contributed by atoms with Crippen molar-refractivity contribution in [2.45, 2.75) is 24.9 Å². The maximum atomic E-state index is 13.0. The predicted molar refractivity (Wildman–Crippen MR) is 98.0 cm³/mol. The summed E-state index contributed by atoms with van der Waals surface area (Å²) in [7, 11) is 1.74. The molecule has 1 atom stereocenters. The minimum atomic E-state index is -0.546. The molecule has 1 saturated carbocycles. The van der Waals surface area contributed by atoms with Crippen LogP contribution in [0.25, 0.3) is 0 Å². The smallest absolute Gasteiger partial charge is 0.242 e. The lowest BCUT2D eigenvalue weighted by atomic mass is 10.0. The topological polar surface area (TPSA) is 61.4 Å². The summed E-state index contributed by atoms with van der Waals surface area (Å²) in [5.41, 5.74) is 1.35. The highest BCUT2D eigenvalue weighted by molar-refractivity contribution is 5.93. The number of benzene rings is 2. The van der Waals surface area contributed by atoms with Gasteiger partial charge in [-0.3, -0.25) is 14.5 Å². The maximum absolute atomic E-state index is 13.0. The van der Waals surface area contributed by atoms with Gasteiger partial charge in [0.15, 0.2) is 0 Å². The molecule has 2 aromatic carbocycles. The monoisotopic (exact) mass is 355 g/mol. The Kier molecular flexibility index (Phi) is 5.63. The van der Waals surface area contributed by atoms with Crippen molar-refractivity contribution in [1.29, 1.82) is 0 Å². The zero-order chi connectivity index (χ0) is 18.5. The van der Waals surface area contributed by atoms with E-state index >= 15 is 0 Å². The van der Waals surface area contributed by atoms with E-state index in [1.54, 1.807) is 11.9 Å². The van der Waals surface area contributed by atoms with Gasteiger partial charge < -0.3 is 10.6 Å². The van der Waals surface area contributed by atoms with Crippen LogP contribution in [0.4, 0.5) is 10.1 Å². The van der Waals surface area contributed by atoms with Crippen LogP contribution in [0, 0.1) is 5.82 Å². The van der Waals surface area contributed by atoms with Gasteiger partial charge in [0.25, 0.3) is 0 Å². The first kappa shape index (κ1) is 18.1. The number of likely N-dealkylation sites (N-methyl/N-ethyl adjacent to an activating group) is 1. The lowest BCUT2D eigenvalue weighted by Gasteiger charge is -2.27. The first-order valence-electron chi connectivity index (χ1n) is 8.64. The van der Waals surface area contributed by atoms with Crippen LogP contribution >= 0.6 is 0 Å². The van der Waals surface area contributed by atoms with Crippen molar-refractivity contribution in [3.05, 3.63) is 66.0 Å². The average Bonchev–Trinajstić information content (AvgIpc) is 3.42. The highest BCUT2D eigenvalue weighted by Gasteiger charge is 2.31. The first-order chi connectivity index (χ1) is 12.5. The third-order valence-corrected chi connectivity index (χ3v) is 4.25. The molecule has 0 heterocycles. The third kappa shape index (κ3) is 4.89. The van der Waals surface area contributed by atoms with Crippen molar-refractivity contribution in [1.82, 2.24) is 10.2 Å². The largest absolute Gasteiger partial charge is 0.352 e. The number of rotatable bonds is 7. The van der Waals surface area contributed by atoms with E-state index in [0.29, 0.717) is 5.69 Å². The molecule has 1 aliphatic carbocycles. The van der Waals surface area contributed by atoms with Gasteiger partial charge in [-0.15, -0.1) is 0 Å². The van der Waals surface area contributed by atoms with Crippen LogP contribution in [0.5, 0.6) is 0 Å². The minimum Gasteiger partial charge on any atom is -0.352 e. The van der Waals surface area contributed by atoms with Gasteiger partial charge in [-0.05, 0) is 49.7 Å². The normalized spacial score (nSPS) is 14.7. The SMILES string of the molecule is CN(CC(=O)Nc1ccc(F)cc1)[C@H](C(=O)NC1CC1)c1ccccc1. The van der Waals surface area contributed by atoms with Crippen LogP contribution < -0.4 is 10.6 Å². The van der Waals surface area contributed by atoms with Gasteiger partial charge in [-0.2, -0.15) is 0 Å². The Hall–Kier alpha value is -2.73. The Labute approximate surface area is 152 Å². The molecule has 26 heavy (non-hydrogen) atoms. The fourth-order valence-corrected chi connectivity index (χ4v) is 2.80. The number of nitrogens with one attached hydrogen (secondary N) is 2. The molecule has 0 aliphatic heterocycles. The standard InChI is InChI=1S/C20H22FN3O2/c1-24(13-18(25)22-16-9-7-15(21)8-10-16)19(14-5-3-2-4-6-14)20(26)23-17-11-12-17/h2-10,17,19H,11-13H2,1H3,(H,22,25)(H,23,26)/t19-/m0/s1. The molecule has 136 valence electrons. The molecule has 6 heteroatoms. The lowest BCUT2D eigenvalue weighted by molar-refractivity contribution is -0.127. The fourth-order valence-electron chi connectivity index (χ4n) is 2.80. The Morgan fingerprint density at radius 1 is 1.12 bits per heavy atom. The second kappa shape index (κ2) is 8.10. The number of nitrogens with zero attached hydrogens (tertiary/aromatic N) is 1. The van der Waals surface area contributed by atoms with E-state index in [1.165, 1.54) is 24.3 Å². The summed E-state index contributed by atoms with van der Waals surface area (Å²) in [6, 6.07) is 14.7. The lowest BCUT2D eigenvalue weighted by Crippen LogP contribution is -2.42. The van der Waals surface area contributed by atoms with Crippen molar-refractivity contribution in [3.63, 3.8) is 0 Å². The molecule has 0 spiro atoms. The van der Waals surface area contributed by atoms with Crippen LogP contribution in [-0.2, 0) is 9.59 Å². The van der Waals surface area contributed by atoms with Crippen LogP contribution in [0.15, 0.2) is 54.6 Å². The molecular formula is C20H22FN3O2. The molecular weight excluding hydrogens is 333 g/mol. The van der Waals surface area contributed by atoms with Gasteiger partial charge in [0.1, 0.15) is 11.9 Å². The van der Waals surface area contributed by atoms with Crippen molar-refractivity contribution < 1.29 is 14.0 Å². The zero-order valence-electron chi connectivity index (χ0n) is 14.6. The molecule has 0 saturated heterocycles. The number of carbonyl (C=O) groups is 2. The number of carbonyl (C=O) groups excluding carboxylic acids is 2. The summed E-state index contributed by atoms with van der Waals surface area (Å²) in [5.74, 6) is -0.726. The fraction of sp³-hybridized carbons (Fsp3) is 0.300. The highest BCUT2D eigenvalue weighted by atomic mass is 19.1. The van der Waals surface area contributed by atoms with Gasteiger partial charge in [-0.25, -0.2) is 4.39 Å². The van der Waals surface area contributed by atoms with Gasteiger partial charge in [-0.1, -0.05) is 30.3 Å². The molecule has 2 N–H and O–H groups in total. The molecule has 5 nitrogen and oxygen atoms in total. The molecule has 0 radical (unpaired) electrons. The molecule has 1 fully saturated rings. The molecule has 0 unspecified atom stereocenters. The Morgan fingerprint density at radius 2 is 1.77 bits per heavy atom. The molecule has 1 aliphatic rings. The summed E-state index contributed by atoms with van der Waals surface area (Å²) >= 11 is 0. The minimum absolute atomic E-state index is 0.0367. The zero-order valence-corrected chi connectivity index (χ0v) is 14.6. The molecule has 2 aromatic rings. The number of amides is 2. The number of hydrogen-bond acceptors (Lipinski definition) is 3. The van der Waals surface area contributed by atoms with E-state index < -0.39 is 6.04 Å². The van der Waals surface area contributed by atoms with E-state index in [2.05, 4.69) is 10.6 Å². The predicted octanol–water partition coefficient (Wildman–Crippen LogP) is 2.72. The van der Waals surface area contributed by atoms with Crippen molar-refractivity contribution in [3.8, 4) is 0 Å². The van der Waals surface area contributed by atoms with Crippen molar-refractivity contribution in [2.24, 2.45) is 0 Å². The van der Waals surface area contributed by atoms with E-state index in [0.717, 1.165) is 18.4 Å². The van der Waals surface area contributed by atoms with Gasteiger partial charge in [0.05, 0.1) is 6.54 Å². The number of anilines is 1. The van der Waals surface area contributed by atoms with Gasteiger partial charge >= 0.3 is 0 Å². The summed E-state index contributed by atoms with van der Waals surface area (Å²) in [5, 5.41) is 5.73. The Morgan fingerprint density at radius 3 is 2.38 bits per heavy atom. The second-order valence-corrected chi connectivity index (χ2v) is 6.57. The third-order valence-electron chi connectivity index (χ3n) is 4.25. The highest BCUT2D eigenvalue weighted by Crippen LogP contribution is 2.24. The van der Waals surface area contributed by atoms with Crippen molar-refractivity contribution in [2.75, 3.05) is 18.9 Å². The summed E-state index contributed by atoms with van der Waals surface area (Å²) in [6.45, 7) is 0.0367. The number of halogens is 1. The summed E-state index contributed by atoms with van der Waals surface area (Å²) in [4.78, 5) is 26.7. The van der Waals surface area contributed by atoms with E-state index in [4.69, 9.17) is 0 Å². The Balaban J connectivity index is 1.67. The number of hydrogen-bond donors (Lipinski definition) is 2. The average molecular weight is 355 g/mol. The summed E-state index contributed by atoms with van der Waals surface area (Å²) in [6.07, 6.45) is 2.00. The Bertz CT molecular complexity index is 760. The van der Waals surface area contributed by atoms with Crippen LogP contribution in [0.3, 0.4) is 0 Å². The van der Waals surface area contributed by atoms with Gasteiger partial charge in [0, 0.05) is 11.7 Å². The van der Waals surface area contributed by atoms with E-state index in [9.17, 15) is 14.0 Å². The van der Waals surface area contributed by atoms with Gasteiger partial charge in [0.2, 0.25) is 11.8 Å². The quantitative estimate of drug-likeness (QED) is 0.803. The van der Waals surface area contributed by atoms with Crippen LogP contribution in [0.2, 0.25) is 0 Å². The van der Waals surface area contributed by atoms with Crippen LogP contribution in [-0.4, -0.2) is 36.3 Å². The first-order valence-corrected chi connectivity index (χ1v) is 8.64.